The molecule has 4 rings (SSSR count). The highest BCUT2D eigenvalue weighted by molar-refractivity contribution is 5.96. The van der Waals surface area contributed by atoms with E-state index in [4.69, 9.17) is 4.74 Å². The third-order valence-electron chi connectivity index (χ3n) is 4.04. The molecule has 0 aliphatic heterocycles. The third-order valence-corrected chi connectivity index (χ3v) is 4.04. The molecule has 0 aliphatic rings. The van der Waals surface area contributed by atoms with Crippen LogP contribution in [-0.4, -0.2) is 37.0 Å². The molecule has 4 aromatic rings. The summed E-state index contributed by atoms with van der Waals surface area (Å²) in [4.78, 5) is 24.9. The van der Waals surface area contributed by atoms with E-state index in [1.807, 2.05) is 0 Å². The summed E-state index contributed by atoms with van der Waals surface area (Å²) < 4.78 is 7.68. The largest absolute Gasteiger partial charge is 0.462 e. The molecule has 9 nitrogen and oxygen atoms in total. The maximum atomic E-state index is 12.9. The van der Waals surface area contributed by atoms with Gasteiger partial charge in [-0.2, -0.15) is 10.4 Å². The van der Waals surface area contributed by atoms with Crippen molar-refractivity contribution in [3.8, 4) is 11.8 Å². The summed E-state index contributed by atoms with van der Waals surface area (Å²) in [5.41, 5.74) is 1.19. The lowest BCUT2D eigenvalue weighted by atomic mass is 10.2. The second-order valence-corrected chi connectivity index (χ2v) is 5.57. The van der Waals surface area contributed by atoms with Crippen LogP contribution in [0.15, 0.2) is 47.5 Å². The predicted molar refractivity (Wildman–Crippen MR) is 94.6 cm³/mol. The first kappa shape index (κ1) is 16.4. The van der Waals surface area contributed by atoms with Crippen molar-refractivity contribution in [3.63, 3.8) is 0 Å². The van der Waals surface area contributed by atoms with Gasteiger partial charge in [-0.3, -0.25) is 9.36 Å². The van der Waals surface area contributed by atoms with Gasteiger partial charge in [-0.1, -0.05) is 12.1 Å². The van der Waals surface area contributed by atoms with Crippen LogP contribution < -0.4 is 5.56 Å². The molecular weight excluding hydrogens is 348 g/mol. The molecule has 1 aromatic carbocycles. The molecule has 132 valence electrons. The fraction of sp³-hybridized carbons (Fsp3) is 0.111. The van der Waals surface area contributed by atoms with Gasteiger partial charge in [-0.25, -0.2) is 9.31 Å². The van der Waals surface area contributed by atoms with Gasteiger partial charge in [0.05, 0.1) is 24.1 Å². The zero-order valence-corrected chi connectivity index (χ0v) is 14.2. The minimum Gasteiger partial charge on any atom is -0.462 e. The number of rotatable bonds is 3. The zero-order valence-electron chi connectivity index (χ0n) is 14.2. The normalized spacial score (nSPS) is 10.8. The number of carbonyl (C=O) groups excluding carboxylic acids is 1. The number of para-hydroxylation sites is 1. The maximum Gasteiger partial charge on any atom is 0.343 e. The second kappa shape index (κ2) is 6.34. The fourth-order valence-corrected chi connectivity index (χ4v) is 2.81. The first-order valence-electron chi connectivity index (χ1n) is 8.08. The number of esters is 1. The summed E-state index contributed by atoms with van der Waals surface area (Å²) in [5.74, 6) is -0.558. The molecule has 0 atom stereocenters. The Hall–Kier alpha value is -4.06. The van der Waals surface area contributed by atoms with Crippen LogP contribution in [0.3, 0.4) is 0 Å². The van der Waals surface area contributed by atoms with Gasteiger partial charge in [0.15, 0.2) is 11.2 Å². The summed E-state index contributed by atoms with van der Waals surface area (Å²) in [6, 6.07) is 10.4. The van der Waals surface area contributed by atoms with Crippen molar-refractivity contribution < 1.29 is 9.53 Å². The number of aromatic nitrogens is 5. The van der Waals surface area contributed by atoms with Crippen LogP contribution in [-0.2, 0) is 4.74 Å². The van der Waals surface area contributed by atoms with Gasteiger partial charge < -0.3 is 4.74 Å². The van der Waals surface area contributed by atoms with Crippen molar-refractivity contribution in [2.75, 3.05) is 6.61 Å². The number of nitrogens with zero attached hydrogens (tertiary/aromatic N) is 6. The standard InChI is InChI=1S/C18H12N6O3/c1-2-27-18(26)12-10-20-24-14-7-8-23(13-6-4-3-5-11(13)9-19)17(25)15(14)21-22-16(12)24/h3-8,10H,2H2,1H3. The molecule has 3 heterocycles. The summed E-state index contributed by atoms with van der Waals surface area (Å²) in [6.07, 6.45) is 2.87. The van der Waals surface area contributed by atoms with Gasteiger partial charge in [-0.15, -0.1) is 10.2 Å². The minimum absolute atomic E-state index is 0.0660. The highest BCUT2D eigenvalue weighted by Crippen LogP contribution is 2.16. The predicted octanol–water partition coefficient (Wildman–Crippen LogP) is 1.48. The van der Waals surface area contributed by atoms with E-state index in [9.17, 15) is 14.9 Å². The molecule has 0 radical (unpaired) electrons. The van der Waals surface area contributed by atoms with Crippen LogP contribution in [0.2, 0.25) is 0 Å². The Morgan fingerprint density at radius 3 is 2.85 bits per heavy atom. The van der Waals surface area contributed by atoms with Crippen LogP contribution in [0.25, 0.3) is 22.4 Å². The van der Waals surface area contributed by atoms with Crippen molar-refractivity contribution in [2.45, 2.75) is 6.92 Å². The van der Waals surface area contributed by atoms with Gasteiger partial charge in [-0.05, 0) is 25.1 Å². The first-order chi connectivity index (χ1) is 13.2. The molecule has 0 N–H and O–H groups in total. The molecule has 0 saturated carbocycles. The van der Waals surface area contributed by atoms with Crippen molar-refractivity contribution in [2.24, 2.45) is 0 Å². The number of nitriles is 1. The van der Waals surface area contributed by atoms with Gasteiger partial charge in [0.1, 0.15) is 17.1 Å². The van der Waals surface area contributed by atoms with Crippen molar-refractivity contribution in [3.05, 3.63) is 64.2 Å². The Morgan fingerprint density at radius 2 is 2.07 bits per heavy atom. The molecule has 0 fully saturated rings. The molecule has 0 aliphatic carbocycles. The van der Waals surface area contributed by atoms with E-state index >= 15 is 0 Å². The Bertz CT molecular complexity index is 1300. The van der Waals surface area contributed by atoms with Gasteiger partial charge in [0, 0.05) is 6.20 Å². The minimum atomic E-state index is -0.558. The summed E-state index contributed by atoms with van der Waals surface area (Å²) in [6.45, 7) is 1.92. The SMILES string of the molecule is CCOC(=O)c1cnn2c1nnc1c(=O)n(-c3ccccc3C#N)ccc12. The Labute approximate surface area is 152 Å². The van der Waals surface area contributed by atoms with E-state index in [0.29, 0.717) is 16.8 Å². The number of hydrogen-bond acceptors (Lipinski definition) is 7. The van der Waals surface area contributed by atoms with E-state index in [0.717, 1.165) is 0 Å². The summed E-state index contributed by atoms with van der Waals surface area (Å²) >= 11 is 0. The van der Waals surface area contributed by atoms with E-state index in [2.05, 4.69) is 21.4 Å². The van der Waals surface area contributed by atoms with Gasteiger partial charge in [0.25, 0.3) is 5.56 Å². The smallest absolute Gasteiger partial charge is 0.343 e. The Kier molecular flexibility index (Phi) is 3.86. The highest BCUT2D eigenvalue weighted by Gasteiger charge is 2.19. The average Bonchev–Trinajstić information content (AvgIpc) is 3.13. The Balaban J connectivity index is 1.95. The van der Waals surface area contributed by atoms with Crippen LogP contribution in [0.1, 0.15) is 22.8 Å². The average molecular weight is 360 g/mol. The van der Waals surface area contributed by atoms with E-state index < -0.39 is 11.5 Å². The van der Waals surface area contributed by atoms with Crippen LogP contribution in [0, 0.1) is 11.3 Å². The van der Waals surface area contributed by atoms with Crippen molar-refractivity contribution in [1.29, 1.82) is 5.26 Å². The number of fused-ring (bicyclic) bond motifs is 3. The van der Waals surface area contributed by atoms with Crippen LogP contribution >= 0.6 is 0 Å². The lowest BCUT2D eigenvalue weighted by Gasteiger charge is -2.08. The van der Waals surface area contributed by atoms with Crippen LogP contribution in [0.5, 0.6) is 0 Å². The molecule has 0 spiro atoms. The fourth-order valence-electron chi connectivity index (χ4n) is 2.81. The molecule has 27 heavy (non-hydrogen) atoms. The van der Waals surface area contributed by atoms with Crippen molar-refractivity contribution in [1.82, 2.24) is 24.4 Å². The second-order valence-electron chi connectivity index (χ2n) is 5.57. The van der Waals surface area contributed by atoms with Crippen molar-refractivity contribution >= 4 is 22.6 Å². The molecule has 3 aromatic heterocycles. The maximum absolute atomic E-state index is 12.9. The van der Waals surface area contributed by atoms with E-state index in [1.165, 1.54) is 21.5 Å². The molecule has 0 saturated heterocycles. The molecule has 0 unspecified atom stereocenters. The number of pyridine rings is 1. The number of benzene rings is 1. The monoisotopic (exact) mass is 360 g/mol. The Morgan fingerprint density at radius 1 is 1.26 bits per heavy atom. The third kappa shape index (κ3) is 2.51. The first-order valence-corrected chi connectivity index (χ1v) is 8.08. The zero-order chi connectivity index (χ0) is 19.0. The number of hydrogen-bond donors (Lipinski definition) is 0. The number of carbonyl (C=O) groups is 1. The topological polar surface area (TPSA) is 115 Å². The van der Waals surface area contributed by atoms with Gasteiger partial charge >= 0.3 is 5.97 Å². The molecule has 9 heteroatoms. The van der Waals surface area contributed by atoms with Gasteiger partial charge in [0.2, 0.25) is 0 Å². The summed E-state index contributed by atoms with van der Waals surface area (Å²) in [5, 5.41) is 21.4. The quantitative estimate of drug-likeness (QED) is 0.508. The highest BCUT2D eigenvalue weighted by atomic mass is 16.5. The number of ether oxygens (including phenoxy) is 1. The lowest BCUT2D eigenvalue weighted by molar-refractivity contribution is 0.0528. The van der Waals surface area contributed by atoms with E-state index in [-0.39, 0.29) is 23.3 Å². The van der Waals surface area contributed by atoms with E-state index in [1.54, 1.807) is 37.3 Å². The lowest BCUT2D eigenvalue weighted by Crippen LogP contribution is -2.21. The molecule has 0 amide bonds. The molecular formula is C18H12N6O3. The van der Waals surface area contributed by atoms with Crippen LogP contribution in [0.4, 0.5) is 0 Å². The summed E-state index contributed by atoms with van der Waals surface area (Å²) in [7, 11) is 0. The molecule has 0 bridgehead atoms.